The molecule has 106 valence electrons. The summed E-state index contributed by atoms with van der Waals surface area (Å²) in [7, 11) is 0. The molecule has 1 aliphatic rings. The van der Waals surface area contributed by atoms with Gasteiger partial charge in [0.1, 0.15) is 6.61 Å². The van der Waals surface area contributed by atoms with Crippen LogP contribution in [0.3, 0.4) is 0 Å². The molecule has 1 saturated heterocycles. The minimum absolute atomic E-state index is 0.0506. The molecule has 0 bridgehead atoms. The number of aromatic nitrogens is 1. The summed E-state index contributed by atoms with van der Waals surface area (Å²) in [6.45, 7) is 7.86. The van der Waals surface area contributed by atoms with E-state index in [-0.39, 0.29) is 6.10 Å². The van der Waals surface area contributed by atoms with Gasteiger partial charge in [0.15, 0.2) is 0 Å². The van der Waals surface area contributed by atoms with Gasteiger partial charge in [-0.3, -0.25) is 4.90 Å². The normalized spacial score (nSPS) is 15.9. The number of ether oxygens (including phenoxy) is 2. The second kappa shape index (κ2) is 6.61. The molecule has 1 fully saturated rings. The summed E-state index contributed by atoms with van der Waals surface area (Å²) in [6, 6.07) is 3.56. The fourth-order valence-corrected chi connectivity index (χ4v) is 2.12. The van der Waals surface area contributed by atoms with E-state index in [1.54, 1.807) is 12.1 Å². The van der Waals surface area contributed by atoms with E-state index in [4.69, 9.17) is 15.2 Å². The Morgan fingerprint density at radius 1 is 1.32 bits per heavy atom. The van der Waals surface area contributed by atoms with Gasteiger partial charge in [0, 0.05) is 12.6 Å². The highest BCUT2D eigenvalue weighted by Gasteiger charge is 2.11. The lowest BCUT2D eigenvalue weighted by Gasteiger charge is -2.15. The van der Waals surface area contributed by atoms with Gasteiger partial charge in [-0.2, -0.15) is 4.98 Å². The van der Waals surface area contributed by atoms with Crippen molar-refractivity contribution in [1.29, 1.82) is 0 Å². The van der Waals surface area contributed by atoms with E-state index in [1.807, 2.05) is 13.8 Å². The first-order valence-electron chi connectivity index (χ1n) is 6.93. The van der Waals surface area contributed by atoms with Gasteiger partial charge in [-0.15, -0.1) is 0 Å². The topological polar surface area (TPSA) is 60.6 Å². The van der Waals surface area contributed by atoms with Crippen LogP contribution < -0.4 is 15.2 Å². The summed E-state index contributed by atoms with van der Waals surface area (Å²) in [4.78, 5) is 6.69. The highest BCUT2D eigenvalue weighted by Crippen LogP contribution is 2.23. The second-order valence-corrected chi connectivity index (χ2v) is 5.11. The molecule has 0 unspecified atom stereocenters. The van der Waals surface area contributed by atoms with Crippen LogP contribution in [0.4, 0.5) is 5.69 Å². The van der Waals surface area contributed by atoms with Gasteiger partial charge in [-0.05, 0) is 45.8 Å². The van der Waals surface area contributed by atoms with E-state index in [0.29, 0.717) is 24.1 Å². The average molecular weight is 265 g/mol. The van der Waals surface area contributed by atoms with E-state index in [9.17, 15) is 0 Å². The van der Waals surface area contributed by atoms with Crippen molar-refractivity contribution in [1.82, 2.24) is 9.88 Å². The summed E-state index contributed by atoms with van der Waals surface area (Å²) in [5.74, 6) is 1.03. The average Bonchev–Trinajstić information content (AvgIpc) is 2.86. The lowest BCUT2D eigenvalue weighted by Crippen LogP contribution is -2.25. The maximum absolute atomic E-state index is 5.81. The van der Waals surface area contributed by atoms with Crippen LogP contribution in [0.15, 0.2) is 12.1 Å². The summed E-state index contributed by atoms with van der Waals surface area (Å²) >= 11 is 0. The van der Waals surface area contributed by atoms with Crippen LogP contribution in [0, 0.1) is 0 Å². The van der Waals surface area contributed by atoms with Crippen molar-refractivity contribution in [2.75, 3.05) is 32.0 Å². The second-order valence-electron chi connectivity index (χ2n) is 5.11. The Kier molecular flexibility index (Phi) is 4.85. The highest BCUT2D eigenvalue weighted by molar-refractivity contribution is 5.49. The van der Waals surface area contributed by atoms with Gasteiger partial charge in [0.25, 0.3) is 0 Å². The van der Waals surface area contributed by atoms with Gasteiger partial charge >= 0.3 is 0 Å². The molecule has 19 heavy (non-hydrogen) atoms. The molecule has 0 radical (unpaired) electrons. The first-order chi connectivity index (χ1) is 9.15. The Morgan fingerprint density at radius 3 is 2.74 bits per heavy atom. The lowest BCUT2D eigenvalue weighted by molar-refractivity contribution is 0.216. The number of nitrogens with zero attached hydrogens (tertiary/aromatic N) is 2. The molecule has 0 aromatic carbocycles. The molecule has 5 nitrogen and oxygen atoms in total. The number of rotatable bonds is 6. The Hall–Kier alpha value is -1.49. The van der Waals surface area contributed by atoms with Crippen molar-refractivity contribution in [2.24, 2.45) is 0 Å². The zero-order chi connectivity index (χ0) is 13.7. The van der Waals surface area contributed by atoms with E-state index in [1.165, 1.54) is 25.9 Å². The zero-order valence-corrected chi connectivity index (χ0v) is 11.8. The van der Waals surface area contributed by atoms with Gasteiger partial charge < -0.3 is 15.2 Å². The number of pyridine rings is 1. The zero-order valence-electron chi connectivity index (χ0n) is 11.8. The number of hydrogen-bond acceptors (Lipinski definition) is 5. The molecule has 5 heteroatoms. The van der Waals surface area contributed by atoms with Crippen LogP contribution in [0.1, 0.15) is 26.7 Å². The first-order valence-corrected chi connectivity index (χ1v) is 6.93. The standard InChI is InChI=1S/C14H23N3O2/c1-11(2)19-14-12(15)5-6-13(16-14)18-10-9-17-7-3-4-8-17/h5-6,11H,3-4,7-10,15H2,1-2H3. The lowest BCUT2D eigenvalue weighted by atomic mass is 10.4. The van der Waals surface area contributed by atoms with Crippen LogP contribution in [0.5, 0.6) is 11.8 Å². The molecule has 1 aliphatic heterocycles. The number of nitrogens with two attached hydrogens (primary N) is 1. The summed E-state index contributed by atoms with van der Waals surface area (Å²) in [5.41, 5.74) is 6.36. The molecule has 0 saturated carbocycles. The van der Waals surface area contributed by atoms with Gasteiger partial charge in [-0.1, -0.05) is 0 Å². The monoisotopic (exact) mass is 265 g/mol. The van der Waals surface area contributed by atoms with Crippen molar-refractivity contribution < 1.29 is 9.47 Å². The Balaban J connectivity index is 1.85. The number of anilines is 1. The Bertz CT molecular complexity index is 404. The van der Waals surface area contributed by atoms with Crippen LogP contribution >= 0.6 is 0 Å². The summed E-state index contributed by atoms with van der Waals surface area (Å²) < 4.78 is 11.2. The van der Waals surface area contributed by atoms with Crippen molar-refractivity contribution >= 4 is 5.69 Å². The third-order valence-electron chi connectivity index (χ3n) is 3.07. The van der Waals surface area contributed by atoms with Crippen molar-refractivity contribution in [2.45, 2.75) is 32.8 Å². The van der Waals surface area contributed by atoms with Crippen LogP contribution in [-0.4, -0.2) is 42.2 Å². The summed E-state index contributed by atoms with van der Waals surface area (Å²) in [5, 5.41) is 0. The molecular formula is C14H23N3O2. The molecule has 0 spiro atoms. The van der Waals surface area contributed by atoms with E-state index >= 15 is 0 Å². The highest BCUT2D eigenvalue weighted by atomic mass is 16.5. The predicted molar refractivity (Wildman–Crippen MR) is 75.6 cm³/mol. The largest absolute Gasteiger partial charge is 0.476 e. The predicted octanol–water partition coefficient (Wildman–Crippen LogP) is 1.93. The minimum atomic E-state index is 0.0506. The smallest absolute Gasteiger partial charge is 0.240 e. The molecular weight excluding hydrogens is 242 g/mol. The third-order valence-corrected chi connectivity index (χ3v) is 3.07. The van der Waals surface area contributed by atoms with Crippen molar-refractivity contribution in [3.8, 4) is 11.8 Å². The van der Waals surface area contributed by atoms with Gasteiger partial charge in [-0.25, -0.2) is 0 Å². The van der Waals surface area contributed by atoms with Crippen LogP contribution in [0.25, 0.3) is 0 Å². The van der Waals surface area contributed by atoms with Gasteiger partial charge in [0.05, 0.1) is 11.8 Å². The fourth-order valence-electron chi connectivity index (χ4n) is 2.12. The number of likely N-dealkylation sites (tertiary alicyclic amines) is 1. The van der Waals surface area contributed by atoms with Gasteiger partial charge in [0.2, 0.25) is 11.8 Å². The molecule has 1 aromatic heterocycles. The minimum Gasteiger partial charge on any atom is -0.476 e. The summed E-state index contributed by atoms with van der Waals surface area (Å²) in [6.07, 6.45) is 2.65. The molecule has 2 N–H and O–H groups in total. The quantitative estimate of drug-likeness (QED) is 0.851. The molecule has 0 amide bonds. The fraction of sp³-hybridized carbons (Fsp3) is 0.643. The van der Waals surface area contributed by atoms with E-state index in [2.05, 4.69) is 9.88 Å². The Morgan fingerprint density at radius 2 is 2.05 bits per heavy atom. The van der Waals surface area contributed by atoms with E-state index < -0.39 is 0 Å². The van der Waals surface area contributed by atoms with Crippen molar-refractivity contribution in [3.05, 3.63) is 12.1 Å². The third kappa shape index (κ3) is 4.28. The molecule has 0 aliphatic carbocycles. The van der Waals surface area contributed by atoms with Crippen molar-refractivity contribution in [3.63, 3.8) is 0 Å². The van der Waals surface area contributed by atoms with Crippen LogP contribution in [0.2, 0.25) is 0 Å². The number of nitrogen functional groups attached to an aromatic ring is 1. The first kappa shape index (κ1) is 13.9. The molecule has 2 rings (SSSR count). The van der Waals surface area contributed by atoms with E-state index in [0.717, 1.165) is 6.54 Å². The number of hydrogen-bond donors (Lipinski definition) is 1. The molecule has 1 aromatic rings. The SMILES string of the molecule is CC(C)Oc1nc(OCCN2CCCC2)ccc1N. The molecule has 2 heterocycles. The van der Waals surface area contributed by atoms with Crippen LogP contribution in [-0.2, 0) is 0 Å². The Labute approximate surface area is 114 Å². The maximum atomic E-state index is 5.81. The molecule has 0 atom stereocenters. The maximum Gasteiger partial charge on any atom is 0.240 e.